The maximum atomic E-state index is 12.5. The number of nitrogens with zero attached hydrogens (tertiary/aromatic N) is 2. The summed E-state index contributed by atoms with van der Waals surface area (Å²) in [6, 6.07) is 6.02. The summed E-state index contributed by atoms with van der Waals surface area (Å²) in [5.74, 6) is 0. The molecule has 0 unspecified atom stereocenters. The Morgan fingerprint density at radius 1 is 1.36 bits per heavy atom. The normalized spacial score (nSPS) is 15.3. The van der Waals surface area contributed by atoms with Crippen molar-refractivity contribution in [2.24, 2.45) is 0 Å². The molecule has 1 aromatic rings. The maximum absolute atomic E-state index is 12.5. The zero-order valence-electron chi connectivity index (χ0n) is 12.7. The molecule has 0 spiro atoms. The minimum atomic E-state index is -0.454. The topological polar surface area (TPSA) is 87.5 Å². The molecule has 0 aliphatic carbocycles. The number of carbonyl (C=O) groups is 1. The van der Waals surface area contributed by atoms with Gasteiger partial charge in [-0.15, -0.1) is 0 Å². The molecule has 0 saturated carbocycles. The van der Waals surface area contributed by atoms with E-state index in [0.29, 0.717) is 12.2 Å². The number of carbonyl (C=O) groups excluding carboxylic acids is 1. The van der Waals surface area contributed by atoms with Crippen LogP contribution in [0.1, 0.15) is 26.2 Å². The Bertz CT molecular complexity index is 512. The first-order chi connectivity index (χ1) is 10.6. The van der Waals surface area contributed by atoms with Gasteiger partial charge >= 0.3 is 6.03 Å². The molecular weight excluding hydrogens is 284 g/mol. The SMILES string of the molecule is CCCN(C(=O)Nc1ccc([N+](=O)[O-])cc1)C1CCNCC1. The standard InChI is InChI=1S/C15H22N4O3/c1-2-11-18(13-7-9-16-10-8-13)15(20)17-12-3-5-14(6-4-12)19(21)22/h3-6,13,16H,2,7-11H2,1H3,(H,17,20). The fourth-order valence-electron chi connectivity index (χ4n) is 2.67. The number of piperidine rings is 1. The Morgan fingerprint density at radius 3 is 2.55 bits per heavy atom. The van der Waals surface area contributed by atoms with E-state index in [1.165, 1.54) is 12.1 Å². The van der Waals surface area contributed by atoms with Gasteiger partial charge < -0.3 is 15.5 Å². The van der Waals surface area contributed by atoms with Gasteiger partial charge in [-0.2, -0.15) is 0 Å². The lowest BCUT2D eigenvalue weighted by Crippen LogP contribution is -2.48. The molecule has 2 rings (SSSR count). The van der Waals surface area contributed by atoms with Crippen LogP contribution in [0.5, 0.6) is 0 Å². The fraction of sp³-hybridized carbons (Fsp3) is 0.533. The Labute approximate surface area is 129 Å². The molecule has 0 aromatic heterocycles. The average molecular weight is 306 g/mol. The third-order valence-electron chi connectivity index (χ3n) is 3.80. The third kappa shape index (κ3) is 4.17. The highest BCUT2D eigenvalue weighted by molar-refractivity contribution is 5.89. The average Bonchev–Trinajstić information content (AvgIpc) is 2.53. The second-order valence-corrected chi connectivity index (χ2v) is 5.41. The monoisotopic (exact) mass is 306 g/mol. The molecule has 2 amide bonds. The quantitative estimate of drug-likeness (QED) is 0.646. The van der Waals surface area contributed by atoms with Gasteiger partial charge in [0, 0.05) is 30.4 Å². The first-order valence-electron chi connectivity index (χ1n) is 7.64. The van der Waals surface area contributed by atoms with Crippen molar-refractivity contribution >= 4 is 17.4 Å². The van der Waals surface area contributed by atoms with Crippen molar-refractivity contribution in [1.29, 1.82) is 0 Å². The van der Waals surface area contributed by atoms with Gasteiger partial charge in [0.15, 0.2) is 0 Å². The van der Waals surface area contributed by atoms with Crippen molar-refractivity contribution in [2.75, 3.05) is 25.0 Å². The lowest BCUT2D eigenvalue weighted by atomic mass is 10.0. The highest BCUT2D eigenvalue weighted by atomic mass is 16.6. The predicted molar refractivity (Wildman–Crippen MR) is 85.0 cm³/mol. The minimum absolute atomic E-state index is 0.0155. The number of amides is 2. The Hall–Kier alpha value is -2.15. The highest BCUT2D eigenvalue weighted by Gasteiger charge is 2.24. The molecule has 0 radical (unpaired) electrons. The van der Waals surface area contributed by atoms with Crippen molar-refractivity contribution in [2.45, 2.75) is 32.2 Å². The van der Waals surface area contributed by atoms with Gasteiger partial charge in [0.2, 0.25) is 0 Å². The second-order valence-electron chi connectivity index (χ2n) is 5.41. The largest absolute Gasteiger partial charge is 0.322 e. The lowest BCUT2D eigenvalue weighted by molar-refractivity contribution is -0.384. The van der Waals surface area contributed by atoms with E-state index in [1.807, 2.05) is 11.8 Å². The number of nitro groups is 1. The van der Waals surface area contributed by atoms with Gasteiger partial charge in [-0.1, -0.05) is 6.92 Å². The van der Waals surface area contributed by atoms with Crippen LogP contribution >= 0.6 is 0 Å². The van der Waals surface area contributed by atoms with Crippen molar-refractivity contribution in [3.63, 3.8) is 0 Å². The summed E-state index contributed by atoms with van der Waals surface area (Å²) in [6.07, 6.45) is 2.80. The molecule has 0 bridgehead atoms. The Balaban J connectivity index is 2.01. The van der Waals surface area contributed by atoms with Crippen molar-refractivity contribution < 1.29 is 9.72 Å². The molecule has 120 valence electrons. The number of hydrogen-bond acceptors (Lipinski definition) is 4. The smallest absolute Gasteiger partial charge is 0.321 e. The molecule has 1 aliphatic heterocycles. The molecule has 1 aromatic carbocycles. The van der Waals surface area contributed by atoms with E-state index in [0.717, 1.165) is 32.4 Å². The molecule has 1 saturated heterocycles. The molecule has 7 nitrogen and oxygen atoms in total. The van der Waals surface area contributed by atoms with E-state index >= 15 is 0 Å². The van der Waals surface area contributed by atoms with Gasteiger partial charge in [-0.25, -0.2) is 4.79 Å². The van der Waals surface area contributed by atoms with Crippen LogP contribution in [0.25, 0.3) is 0 Å². The Kier molecular flexibility index (Phi) is 5.71. The van der Waals surface area contributed by atoms with Crippen LogP contribution in [0.3, 0.4) is 0 Å². The highest BCUT2D eigenvalue weighted by Crippen LogP contribution is 2.18. The molecule has 1 aliphatic rings. The third-order valence-corrected chi connectivity index (χ3v) is 3.80. The summed E-state index contributed by atoms with van der Waals surface area (Å²) in [4.78, 5) is 24.5. The summed E-state index contributed by atoms with van der Waals surface area (Å²) < 4.78 is 0. The van der Waals surface area contributed by atoms with Crippen LogP contribution in [0.4, 0.5) is 16.2 Å². The minimum Gasteiger partial charge on any atom is -0.321 e. The predicted octanol–water partition coefficient (Wildman–Crippen LogP) is 2.59. The van der Waals surface area contributed by atoms with Crippen molar-refractivity contribution in [3.05, 3.63) is 34.4 Å². The van der Waals surface area contributed by atoms with E-state index in [-0.39, 0.29) is 17.8 Å². The molecule has 2 N–H and O–H groups in total. The van der Waals surface area contributed by atoms with E-state index in [9.17, 15) is 14.9 Å². The molecule has 1 fully saturated rings. The second kappa shape index (κ2) is 7.74. The zero-order chi connectivity index (χ0) is 15.9. The van der Waals surface area contributed by atoms with Crippen LogP contribution in [0.2, 0.25) is 0 Å². The molecule has 7 heteroatoms. The van der Waals surface area contributed by atoms with Gasteiger partial charge in [-0.3, -0.25) is 10.1 Å². The summed E-state index contributed by atoms with van der Waals surface area (Å²) >= 11 is 0. The molecular formula is C15H22N4O3. The summed E-state index contributed by atoms with van der Waals surface area (Å²) in [5, 5.41) is 16.8. The van der Waals surface area contributed by atoms with Gasteiger partial charge in [0.05, 0.1) is 4.92 Å². The zero-order valence-corrected chi connectivity index (χ0v) is 12.7. The first kappa shape index (κ1) is 16.2. The maximum Gasteiger partial charge on any atom is 0.322 e. The van der Waals surface area contributed by atoms with Crippen LogP contribution in [0.15, 0.2) is 24.3 Å². The van der Waals surface area contributed by atoms with Crippen molar-refractivity contribution in [3.8, 4) is 0 Å². The Morgan fingerprint density at radius 2 is 2.00 bits per heavy atom. The number of urea groups is 1. The number of benzene rings is 1. The van der Waals surface area contributed by atoms with Gasteiger partial charge in [-0.05, 0) is 44.5 Å². The number of rotatable bonds is 5. The van der Waals surface area contributed by atoms with Crippen molar-refractivity contribution in [1.82, 2.24) is 10.2 Å². The van der Waals surface area contributed by atoms with Crippen LogP contribution in [-0.4, -0.2) is 41.5 Å². The number of anilines is 1. The molecule has 1 heterocycles. The van der Waals surface area contributed by atoms with Gasteiger partial charge in [0.25, 0.3) is 5.69 Å². The van der Waals surface area contributed by atoms with E-state index in [4.69, 9.17) is 0 Å². The van der Waals surface area contributed by atoms with E-state index < -0.39 is 4.92 Å². The van der Waals surface area contributed by atoms with Gasteiger partial charge in [0.1, 0.15) is 0 Å². The number of hydrogen-bond donors (Lipinski definition) is 2. The number of nitrogens with one attached hydrogen (secondary N) is 2. The van der Waals surface area contributed by atoms with Crippen LogP contribution in [-0.2, 0) is 0 Å². The van der Waals surface area contributed by atoms with E-state index in [2.05, 4.69) is 10.6 Å². The molecule has 0 atom stereocenters. The lowest BCUT2D eigenvalue weighted by Gasteiger charge is -2.34. The van der Waals surface area contributed by atoms with E-state index in [1.54, 1.807) is 12.1 Å². The van der Waals surface area contributed by atoms with Crippen LogP contribution in [0, 0.1) is 10.1 Å². The van der Waals surface area contributed by atoms with Crippen LogP contribution < -0.4 is 10.6 Å². The first-order valence-corrected chi connectivity index (χ1v) is 7.64. The molecule has 22 heavy (non-hydrogen) atoms. The number of nitro benzene ring substituents is 1. The fourth-order valence-corrected chi connectivity index (χ4v) is 2.67. The summed E-state index contributed by atoms with van der Waals surface area (Å²) in [7, 11) is 0. The summed E-state index contributed by atoms with van der Waals surface area (Å²) in [5.41, 5.74) is 0.590. The number of non-ortho nitro benzene ring substituents is 1. The summed E-state index contributed by atoms with van der Waals surface area (Å²) in [6.45, 7) is 4.61.